The molecule has 1 aromatic carbocycles. The van der Waals surface area contributed by atoms with E-state index < -0.39 is 0 Å². The fourth-order valence-corrected chi connectivity index (χ4v) is 3.94. The Balaban J connectivity index is 1.43. The molecule has 126 valence electrons. The molecule has 24 heavy (non-hydrogen) atoms. The van der Waals surface area contributed by atoms with Crippen LogP contribution < -0.4 is 0 Å². The first kappa shape index (κ1) is 15.3. The molecule has 2 aromatic rings. The van der Waals surface area contributed by atoms with E-state index in [0.29, 0.717) is 12.0 Å². The summed E-state index contributed by atoms with van der Waals surface area (Å²) in [6, 6.07) is 10.9. The van der Waals surface area contributed by atoms with Crippen molar-refractivity contribution in [2.45, 2.75) is 32.0 Å². The van der Waals surface area contributed by atoms with Gasteiger partial charge in [-0.2, -0.15) is 0 Å². The Labute approximate surface area is 141 Å². The standard InChI is InChI=1S/C17H22N6O/c24-17(12-22-13-18-19-20-22)23-10-15-6-7-16(23)11-21(9-15)8-14-4-2-1-3-5-14/h1-5,13,15-16H,6-12H2/t15-,16+/m1/s1. The summed E-state index contributed by atoms with van der Waals surface area (Å²) in [7, 11) is 0. The highest BCUT2D eigenvalue weighted by atomic mass is 16.2. The van der Waals surface area contributed by atoms with Gasteiger partial charge in [0.1, 0.15) is 12.9 Å². The van der Waals surface area contributed by atoms with E-state index in [9.17, 15) is 4.79 Å². The summed E-state index contributed by atoms with van der Waals surface area (Å²) in [5.41, 5.74) is 1.34. The third kappa shape index (κ3) is 3.31. The van der Waals surface area contributed by atoms with Crippen LogP contribution in [0.1, 0.15) is 18.4 Å². The van der Waals surface area contributed by atoms with E-state index in [2.05, 4.69) is 55.7 Å². The van der Waals surface area contributed by atoms with Gasteiger partial charge in [0, 0.05) is 32.2 Å². The zero-order chi connectivity index (χ0) is 16.4. The average Bonchev–Trinajstić information content (AvgIpc) is 2.95. The topological polar surface area (TPSA) is 67.2 Å². The van der Waals surface area contributed by atoms with Crippen LogP contribution in [0, 0.1) is 5.92 Å². The maximum absolute atomic E-state index is 12.7. The average molecular weight is 326 g/mol. The number of hydrogen-bond acceptors (Lipinski definition) is 5. The zero-order valence-electron chi connectivity index (χ0n) is 13.7. The van der Waals surface area contributed by atoms with Crippen LogP contribution in [0.4, 0.5) is 0 Å². The van der Waals surface area contributed by atoms with Gasteiger partial charge in [-0.25, -0.2) is 4.68 Å². The number of benzene rings is 1. The summed E-state index contributed by atoms with van der Waals surface area (Å²) in [6.45, 7) is 4.07. The Morgan fingerprint density at radius 3 is 2.79 bits per heavy atom. The van der Waals surface area contributed by atoms with Gasteiger partial charge in [0.15, 0.2) is 0 Å². The predicted molar refractivity (Wildman–Crippen MR) is 87.8 cm³/mol. The molecule has 2 bridgehead atoms. The van der Waals surface area contributed by atoms with Gasteiger partial charge in [0.25, 0.3) is 0 Å². The second kappa shape index (κ2) is 6.68. The number of nitrogens with zero attached hydrogens (tertiary/aromatic N) is 6. The van der Waals surface area contributed by atoms with Crippen molar-refractivity contribution < 1.29 is 4.79 Å². The van der Waals surface area contributed by atoms with E-state index in [-0.39, 0.29) is 12.5 Å². The van der Waals surface area contributed by atoms with E-state index in [0.717, 1.165) is 32.6 Å². The van der Waals surface area contributed by atoms with Crippen molar-refractivity contribution in [1.82, 2.24) is 30.0 Å². The van der Waals surface area contributed by atoms with Crippen molar-refractivity contribution in [3.05, 3.63) is 42.2 Å². The van der Waals surface area contributed by atoms with Crippen molar-refractivity contribution in [1.29, 1.82) is 0 Å². The van der Waals surface area contributed by atoms with Gasteiger partial charge in [-0.3, -0.25) is 9.69 Å². The van der Waals surface area contributed by atoms with Crippen LogP contribution in [-0.4, -0.2) is 61.6 Å². The molecule has 5 rings (SSSR count). The molecule has 3 saturated heterocycles. The maximum Gasteiger partial charge on any atom is 0.244 e. The van der Waals surface area contributed by atoms with Crippen LogP contribution in [0.3, 0.4) is 0 Å². The lowest BCUT2D eigenvalue weighted by atomic mass is 9.95. The van der Waals surface area contributed by atoms with Crippen LogP contribution in [0.2, 0.25) is 0 Å². The molecule has 3 aliphatic heterocycles. The Morgan fingerprint density at radius 2 is 2.00 bits per heavy atom. The summed E-state index contributed by atoms with van der Waals surface area (Å²) in [5.74, 6) is 0.684. The number of rotatable bonds is 4. The molecule has 1 amide bonds. The largest absolute Gasteiger partial charge is 0.336 e. The molecule has 0 radical (unpaired) electrons. The van der Waals surface area contributed by atoms with E-state index in [1.165, 1.54) is 23.0 Å². The molecule has 7 nitrogen and oxygen atoms in total. The molecular formula is C17H22N6O. The summed E-state index contributed by atoms with van der Waals surface area (Å²) in [4.78, 5) is 17.2. The van der Waals surface area contributed by atoms with Gasteiger partial charge >= 0.3 is 0 Å². The number of carbonyl (C=O) groups excluding carboxylic acids is 1. The van der Waals surface area contributed by atoms with Gasteiger partial charge in [-0.1, -0.05) is 30.3 Å². The molecule has 0 spiro atoms. The first-order valence-corrected chi connectivity index (χ1v) is 8.54. The summed E-state index contributed by atoms with van der Waals surface area (Å²) in [5, 5.41) is 11.0. The lowest BCUT2D eigenvalue weighted by molar-refractivity contribution is -0.136. The molecule has 0 N–H and O–H groups in total. The molecule has 1 aromatic heterocycles. The highest BCUT2D eigenvalue weighted by molar-refractivity contribution is 5.76. The fraction of sp³-hybridized carbons (Fsp3) is 0.529. The third-order valence-electron chi connectivity index (χ3n) is 5.05. The molecule has 0 saturated carbocycles. The number of hydrogen-bond donors (Lipinski definition) is 0. The zero-order valence-corrected chi connectivity index (χ0v) is 13.7. The van der Waals surface area contributed by atoms with Gasteiger partial charge in [0.2, 0.25) is 5.91 Å². The minimum absolute atomic E-state index is 0.124. The van der Waals surface area contributed by atoms with Gasteiger partial charge in [-0.05, 0) is 34.7 Å². The molecule has 0 unspecified atom stereocenters. The maximum atomic E-state index is 12.7. The first-order chi connectivity index (χ1) is 11.8. The van der Waals surface area contributed by atoms with Gasteiger partial charge in [-0.15, -0.1) is 5.10 Å². The second-order valence-corrected chi connectivity index (χ2v) is 6.83. The Hall–Kier alpha value is -2.28. The number of fused-ring (bicyclic) bond motifs is 4. The lowest BCUT2D eigenvalue weighted by Gasteiger charge is -2.36. The smallest absolute Gasteiger partial charge is 0.244 e. The molecule has 7 heteroatoms. The van der Waals surface area contributed by atoms with E-state index >= 15 is 0 Å². The minimum Gasteiger partial charge on any atom is -0.336 e. The van der Waals surface area contributed by atoms with E-state index in [1.54, 1.807) is 0 Å². The van der Waals surface area contributed by atoms with Crippen LogP contribution >= 0.6 is 0 Å². The van der Waals surface area contributed by atoms with E-state index in [4.69, 9.17) is 0 Å². The molecule has 3 fully saturated rings. The monoisotopic (exact) mass is 326 g/mol. The predicted octanol–water partition coefficient (Wildman–Crippen LogP) is 0.796. The first-order valence-electron chi connectivity index (χ1n) is 8.54. The SMILES string of the molecule is O=C(Cn1cnnn1)N1C[C@@H]2CC[C@H]1CN(Cc1ccccc1)C2. The highest BCUT2D eigenvalue weighted by Crippen LogP contribution is 2.29. The fourth-order valence-electron chi connectivity index (χ4n) is 3.94. The van der Waals surface area contributed by atoms with Crippen molar-refractivity contribution in [3.8, 4) is 0 Å². The van der Waals surface area contributed by atoms with E-state index in [1.807, 2.05) is 0 Å². The summed E-state index contributed by atoms with van der Waals surface area (Å²) >= 11 is 0. The Bertz CT molecular complexity index is 674. The quantitative estimate of drug-likeness (QED) is 0.831. The van der Waals surface area contributed by atoms with Crippen molar-refractivity contribution in [3.63, 3.8) is 0 Å². The number of amides is 1. The number of piperidine rings is 1. The Kier molecular flexibility index (Phi) is 4.25. The number of tetrazole rings is 1. The summed E-state index contributed by atoms with van der Waals surface area (Å²) in [6.07, 6.45) is 3.80. The third-order valence-corrected chi connectivity index (χ3v) is 5.05. The summed E-state index contributed by atoms with van der Waals surface area (Å²) < 4.78 is 1.50. The lowest BCUT2D eigenvalue weighted by Crippen LogP contribution is -2.48. The number of carbonyl (C=O) groups is 1. The molecule has 3 aliphatic rings. The van der Waals surface area contributed by atoms with Crippen molar-refractivity contribution in [2.75, 3.05) is 19.6 Å². The number of aromatic nitrogens is 4. The Morgan fingerprint density at radius 1 is 1.12 bits per heavy atom. The van der Waals surface area contributed by atoms with Gasteiger partial charge < -0.3 is 4.90 Å². The highest BCUT2D eigenvalue weighted by Gasteiger charge is 2.37. The van der Waals surface area contributed by atoms with Gasteiger partial charge in [0.05, 0.1) is 0 Å². The van der Waals surface area contributed by atoms with Crippen molar-refractivity contribution in [2.24, 2.45) is 5.92 Å². The van der Waals surface area contributed by atoms with Crippen molar-refractivity contribution >= 4 is 5.91 Å². The van der Waals surface area contributed by atoms with Crippen LogP contribution in [0.15, 0.2) is 36.7 Å². The van der Waals surface area contributed by atoms with Crippen LogP contribution in [0.25, 0.3) is 0 Å². The van der Waals surface area contributed by atoms with Crippen LogP contribution in [0.5, 0.6) is 0 Å². The molecule has 2 atom stereocenters. The molecule has 4 heterocycles. The van der Waals surface area contributed by atoms with Crippen LogP contribution in [-0.2, 0) is 17.9 Å². The second-order valence-electron chi connectivity index (χ2n) is 6.83. The normalized spacial score (nSPS) is 24.1. The molecular weight excluding hydrogens is 304 g/mol. The molecule has 0 aliphatic carbocycles. The minimum atomic E-state index is 0.124.